The Morgan fingerprint density at radius 3 is 2.67 bits per heavy atom. The zero-order valence-corrected chi connectivity index (χ0v) is 11.6. The summed E-state index contributed by atoms with van der Waals surface area (Å²) in [4.78, 5) is 11.3. The Bertz CT molecular complexity index is 377. The number of benzene rings is 1. The molecule has 0 aromatic heterocycles. The number of carbonyl (C=O) groups excluding carboxylic acids is 1. The van der Waals surface area contributed by atoms with E-state index in [1.54, 1.807) is 0 Å². The zero-order valence-electron chi connectivity index (χ0n) is 11.6. The first-order valence-electron chi connectivity index (χ1n) is 6.79. The molecule has 0 saturated carbocycles. The second kappa shape index (κ2) is 7.75. The molecule has 0 bridgehead atoms. The highest BCUT2D eigenvalue weighted by Gasteiger charge is 2.02. The van der Waals surface area contributed by atoms with Gasteiger partial charge < -0.3 is 10.6 Å². The van der Waals surface area contributed by atoms with Crippen LogP contribution in [0.25, 0.3) is 0 Å². The minimum absolute atomic E-state index is 0.0477. The maximum absolute atomic E-state index is 11.3. The van der Waals surface area contributed by atoms with E-state index in [1.165, 1.54) is 12.8 Å². The fraction of sp³-hybridized carbons (Fsp3) is 0.533. The number of hydrogen-bond donors (Lipinski definition) is 2. The number of rotatable bonds is 7. The van der Waals surface area contributed by atoms with E-state index in [0.717, 1.165) is 17.9 Å². The van der Waals surface area contributed by atoms with E-state index in [2.05, 4.69) is 24.5 Å². The first kappa shape index (κ1) is 14.6. The van der Waals surface area contributed by atoms with Gasteiger partial charge in [-0.2, -0.15) is 0 Å². The SMILES string of the molecule is CCCC(C)CNc1cccc(NC(=O)CC)c1. The molecule has 1 aromatic rings. The molecule has 0 heterocycles. The van der Waals surface area contributed by atoms with Crippen molar-refractivity contribution in [1.82, 2.24) is 0 Å². The molecule has 1 amide bonds. The first-order chi connectivity index (χ1) is 8.65. The van der Waals surface area contributed by atoms with E-state index in [9.17, 15) is 4.79 Å². The third kappa shape index (κ3) is 5.21. The van der Waals surface area contributed by atoms with Crippen LogP contribution in [0.2, 0.25) is 0 Å². The summed E-state index contributed by atoms with van der Waals surface area (Å²) in [5.74, 6) is 0.718. The molecule has 100 valence electrons. The summed E-state index contributed by atoms with van der Waals surface area (Å²) >= 11 is 0. The van der Waals surface area contributed by atoms with E-state index in [0.29, 0.717) is 12.3 Å². The normalized spacial score (nSPS) is 11.9. The molecule has 3 heteroatoms. The van der Waals surface area contributed by atoms with Crippen molar-refractivity contribution in [1.29, 1.82) is 0 Å². The summed E-state index contributed by atoms with van der Waals surface area (Å²) in [7, 11) is 0. The Kier molecular flexibility index (Phi) is 6.26. The van der Waals surface area contributed by atoms with E-state index in [4.69, 9.17) is 0 Å². The molecular weight excluding hydrogens is 224 g/mol. The van der Waals surface area contributed by atoms with Gasteiger partial charge in [-0.15, -0.1) is 0 Å². The third-order valence-electron chi connectivity index (χ3n) is 2.90. The van der Waals surface area contributed by atoms with Gasteiger partial charge >= 0.3 is 0 Å². The van der Waals surface area contributed by atoms with Crippen molar-refractivity contribution in [2.24, 2.45) is 5.92 Å². The second-order valence-corrected chi connectivity index (χ2v) is 4.76. The van der Waals surface area contributed by atoms with Gasteiger partial charge in [-0.3, -0.25) is 4.79 Å². The third-order valence-corrected chi connectivity index (χ3v) is 2.90. The van der Waals surface area contributed by atoms with Gasteiger partial charge in [-0.1, -0.05) is 33.3 Å². The molecule has 18 heavy (non-hydrogen) atoms. The summed E-state index contributed by atoms with van der Waals surface area (Å²) in [6.07, 6.45) is 2.96. The van der Waals surface area contributed by atoms with Gasteiger partial charge in [0.2, 0.25) is 5.91 Å². The first-order valence-corrected chi connectivity index (χ1v) is 6.79. The van der Waals surface area contributed by atoms with E-state index in [1.807, 2.05) is 31.2 Å². The highest BCUT2D eigenvalue weighted by atomic mass is 16.1. The highest BCUT2D eigenvalue weighted by Crippen LogP contribution is 2.16. The predicted octanol–water partition coefficient (Wildman–Crippen LogP) is 3.88. The molecule has 2 N–H and O–H groups in total. The molecule has 0 spiro atoms. The minimum Gasteiger partial charge on any atom is -0.385 e. The van der Waals surface area contributed by atoms with Crippen molar-refractivity contribution < 1.29 is 4.79 Å². The largest absolute Gasteiger partial charge is 0.385 e. The van der Waals surface area contributed by atoms with Crippen LogP contribution in [0.15, 0.2) is 24.3 Å². The molecule has 1 atom stereocenters. The van der Waals surface area contributed by atoms with Gasteiger partial charge in [0.15, 0.2) is 0 Å². The van der Waals surface area contributed by atoms with E-state index in [-0.39, 0.29) is 5.91 Å². The molecule has 0 aliphatic heterocycles. The molecule has 1 aromatic carbocycles. The summed E-state index contributed by atoms with van der Waals surface area (Å²) in [5.41, 5.74) is 1.92. The van der Waals surface area contributed by atoms with Crippen LogP contribution in [-0.4, -0.2) is 12.5 Å². The Morgan fingerprint density at radius 1 is 1.28 bits per heavy atom. The Labute approximate surface area is 110 Å². The number of carbonyl (C=O) groups is 1. The fourth-order valence-corrected chi connectivity index (χ4v) is 1.84. The molecule has 0 aliphatic carbocycles. The van der Waals surface area contributed by atoms with Gasteiger partial charge in [-0.05, 0) is 30.5 Å². The van der Waals surface area contributed by atoms with E-state index >= 15 is 0 Å². The number of nitrogens with one attached hydrogen (secondary N) is 2. The quantitative estimate of drug-likeness (QED) is 0.768. The highest BCUT2D eigenvalue weighted by molar-refractivity contribution is 5.90. The summed E-state index contributed by atoms with van der Waals surface area (Å²) in [6, 6.07) is 7.87. The van der Waals surface area contributed by atoms with Crippen LogP contribution >= 0.6 is 0 Å². The monoisotopic (exact) mass is 248 g/mol. The standard InChI is InChI=1S/C15H24N2O/c1-4-7-12(3)11-16-13-8-6-9-14(10-13)17-15(18)5-2/h6,8-10,12,16H,4-5,7,11H2,1-3H3,(H,17,18). The summed E-state index contributed by atoms with van der Waals surface area (Å²) < 4.78 is 0. The zero-order chi connectivity index (χ0) is 13.4. The lowest BCUT2D eigenvalue weighted by molar-refractivity contribution is -0.115. The van der Waals surface area contributed by atoms with Gasteiger partial charge in [0, 0.05) is 24.3 Å². The number of anilines is 2. The summed E-state index contributed by atoms with van der Waals surface area (Å²) in [5, 5.41) is 6.28. The smallest absolute Gasteiger partial charge is 0.224 e. The molecule has 0 fully saturated rings. The van der Waals surface area contributed by atoms with Crippen molar-refractivity contribution in [3.05, 3.63) is 24.3 Å². The van der Waals surface area contributed by atoms with E-state index < -0.39 is 0 Å². The minimum atomic E-state index is 0.0477. The van der Waals surface area contributed by atoms with Crippen LogP contribution in [0.4, 0.5) is 11.4 Å². The van der Waals surface area contributed by atoms with Gasteiger partial charge in [0.25, 0.3) is 0 Å². The van der Waals surface area contributed by atoms with Crippen LogP contribution in [0.3, 0.4) is 0 Å². The molecule has 0 aliphatic rings. The van der Waals surface area contributed by atoms with Crippen molar-refractivity contribution in [3.8, 4) is 0 Å². The lowest BCUT2D eigenvalue weighted by atomic mass is 10.1. The van der Waals surface area contributed by atoms with Gasteiger partial charge in [-0.25, -0.2) is 0 Å². The van der Waals surface area contributed by atoms with Crippen molar-refractivity contribution in [2.75, 3.05) is 17.2 Å². The van der Waals surface area contributed by atoms with Crippen molar-refractivity contribution in [3.63, 3.8) is 0 Å². The molecule has 0 saturated heterocycles. The lowest BCUT2D eigenvalue weighted by Crippen LogP contribution is -2.12. The van der Waals surface area contributed by atoms with Crippen LogP contribution in [0.1, 0.15) is 40.0 Å². The molecule has 3 nitrogen and oxygen atoms in total. The number of amides is 1. The summed E-state index contributed by atoms with van der Waals surface area (Å²) in [6.45, 7) is 7.28. The van der Waals surface area contributed by atoms with Crippen LogP contribution in [-0.2, 0) is 4.79 Å². The lowest BCUT2D eigenvalue weighted by Gasteiger charge is -2.13. The van der Waals surface area contributed by atoms with Crippen LogP contribution in [0, 0.1) is 5.92 Å². The fourth-order valence-electron chi connectivity index (χ4n) is 1.84. The maximum Gasteiger partial charge on any atom is 0.224 e. The Morgan fingerprint density at radius 2 is 2.00 bits per heavy atom. The second-order valence-electron chi connectivity index (χ2n) is 4.76. The topological polar surface area (TPSA) is 41.1 Å². The maximum atomic E-state index is 11.3. The molecular formula is C15H24N2O. The molecule has 1 unspecified atom stereocenters. The van der Waals surface area contributed by atoms with Gasteiger partial charge in [0.05, 0.1) is 0 Å². The Balaban J connectivity index is 2.51. The predicted molar refractivity (Wildman–Crippen MR) is 77.9 cm³/mol. The van der Waals surface area contributed by atoms with Gasteiger partial charge in [0.1, 0.15) is 0 Å². The molecule has 1 rings (SSSR count). The Hall–Kier alpha value is -1.51. The van der Waals surface area contributed by atoms with Crippen molar-refractivity contribution >= 4 is 17.3 Å². The van der Waals surface area contributed by atoms with Crippen molar-refractivity contribution in [2.45, 2.75) is 40.0 Å². The molecule has 0 radical (unpaired) electrons. The number of hydrogen-bond acceptors (Lipinski definition) is 2. The average molecular weight is 248 g/mol. The van der Waals surface area contributed by atoms with Crippen LogP contribution < -0.4 is 10.6 Å². The average Bonchev–Trinajstić information content (AvgIpc) is 2.37. The van der Waals surface area contributed by atoms with Crippen LogP contribution in [0.5, 0.6) is 0 Å².